The van der Waals surface area contributed by atoms with Gasteiger partial charge in [-0.25, -0.2) is 0 Å². The zero-order valence-corrected chi connectivity index (χ0v) is 12.6. The van der Waals surface area contributed by atoms with E-state index in [-0.39, 0.29) is 11.8 Å². The fourth-order valence-corrected chi connectivity index (χ4v) is 2.52. The predicted molar refractivity (Wildman–Crippen MR) is 82.4 cm³/mol. The van der Waals surface area contributed by atoms with E-state index in [1.54, 1.807) is 0 Å². The number of benzene rings is 1. The molecule has 1 fully saturated rings. The molecular formula is C17H26N2O. The molecule has 1 atom stereocenters. The minimum absolute atomic E-state index is 0.191. The summed E-state index contributed by atoms with van der Waals surface area (Å²) in [5, 5.41) is 0. The van der Waals surface area contributed by atoms with Gasteiger partial charge in [0.05, 0.1) is 5.92 Å². The fraction of sp³-hybridized carbons (Fsp3) is 0.588. The summed E-state index contributed by atoms with van der Waals surface area (Å²) in [5.41, 5.74) is 6.91. The summed E-state index contributed by atoms with van der Waals surface area (Å²) in [6.45, 7) is 5.65. The molecule has 1 aliphatic carbocycles. The smallest absolute Gasteiger partial charge is 0.231 e. The van der Waals surface area contributed by atoms with Crippen LogP contribution < -0.4 is 5.73 Å². The van der Waals surface area contributed by atoms with Crippen LogP contribution in [0.1, 0.15) is 44.6 Å². The van der Waals surface area contributed by atoms with E-state index < -0.39 is 0 Å². The maximum atomic E-state index is 12.8. The maximum Gasteiger partial charge on any atom is 0.231 e. The van der Waals surface area contributed by atoms with Crippen molar-refractivity contribution in [3.8, 4) is 0 Å². The maximum absolute atomic E-state index is 12.8. The van der Waals surface area contributed by atoms with Crippen molar-refractivity contribution in [2.24, 2.45) is 11.7 Å². The first-order chi connectivity index (χ1) is 9.63. The molecule has 0 saturated heterocycles. The molecular weight excluding hydrogens is 248 g/mol. The van der Waals surface area contributed by atoms with Crippen molar-refractivity contribution in [3.05, 3.63) is 35.9 Å². The minimum Gasteiger partial charge on any atom is -0.339 e. The molecule has 0 aliphatic heterocycles. The van der Waals surface area contributed by atoms with Gasteiger partial charge in [-0.3, -0.25) is 4.79 Å². The number of nitrogens with zero attached hydrogens (tertiary/aromatic N) is 1. The molecule has 1 aromatic rings. The average molecular weight is 274 g/mol. The van der Waals surface area contributed by atoms with Crippen molar-refractivity contribution in [1.82, 2.24) is 4.90 Å². The van der Waals surface area contributed by atoms with Crippen LogP contribution in [-0.4, -0.2) is 29.9 Å². The topological polar surface area (TPSA) is 46.3 Å². The molecule has 2 N–H and O–H groups in total. The summed E-state index contributed by atoms with van der Waals surface area (Å²) in [6, 6.07) is 10.4. The number of rotatable bonds is 7. The van der Waals surface area contributed by atoms with Crippen molar-refractivity contribution in [2.75, 3.05) is 13.1 Å². The lowest BCUT2D eigenvalue weighted by atomic mass is 9.97. The zero-order chi connectivity index (χ0) is 14.5. The van der Waals surface area contributed by atoms with Gasteiger partial charge in [-0.2, -0.15) is 0 Å². The second-order valence-electron chi connectivity index (χ2n) is 6.14. The third kappa shape index (κ3) is 3.83. The number of carbonyl (C=O) groups excluding carboxylic acids is 1. The number of hydrogen-bond donors (Lipinski definition) is 1. The standard InChI is InChI=1S/C17H26N2O/c1-13(2)10-11-19(15-8-9-15)17(20)16(12-18)14-6-4-3-5-7-14/h3-7,13,15-16H,8-12,18H2,1-2H3. The molecule has 20 heavy (non-hydrogen) atoms. The number of carbonyl (C=O) groups is 1. The summed E-state index contributed by atoms with van der Waals surface area (Å²) < 4.78 is 0. The van der Waals surface area contributed by atoms with Gasteiger partial charge in [-0.1, -0.05) is 44.2 Å². The molecule has 0 heterocycles. The van der Waals surface area contributed by atoms with Gasteiger partial charge >= 0.3 is 0 Å². The number of amides is 1. The van der Waals surface area contributed by atoms with Crippen LogP contribution in [0.4, 0.5) is 0 Å². The average Bonchev–Trinajstić information content (AvgIpc) is 3.25. The van der Waals surface area contributed by atoms with Crippen LogP contribution in [0.25, 0.3) is 0 Å². The van der Waals surface area contributed by atoms with E-state index in [0.717, 1.165) is 31.4 Å². The second-order valence-corrected chi connectivity index (χ2v) is 6.14. The Morgan fingerprint density at radius 3 is 2.45 bits per heavy atom. The third-order valence-electron chi connectivity index (χ3n) is 3.95. The Kier molecular flexibility index (Phi) is 5.18. The van der Waals surface area contributed by atoms with Crippen molar-refractivity contribution in [1.29, 1.82) is 0 Å². The lowest BCUT2D eigenvalue weighted by Crippen LogP contribution is -2.40. The minimum atomic E-state index is -0.191. The highest BCUT2D eigenvalue weighted by Gasteiger charge is 2.35. The molecule has 0 spiro atoms. The van der Waals surface area contributed by atoms with Crippen molar-refractivity contribution >= 4 is 5.91 Å². The first-order valence-corrected chi connectivity index (χ1v) is 7.69. The van der Waals surface area contributed by atoms with Crippen molar-refractivity contribution in [3.63, 3.8) is 0 Å². The lowest BCUT2D eigenvalue weighted by molar-refractivity contribution is -0.133. The van der Waals surface area contributed by atoms with Crippen LogP contribution in [0.15, 0.2) is 30.3 Å². The van der Waals surface area contributed by atoms with Crippen LogP contribution in [0.5, 0.6) is 0 Å². The Labute approximate surface area is 122 Å². The van der Waals surface area contributed by atoms with Crippen LogP contribution >= 0.6 is 0 Å². The van der Waals surface area contributed by atoms with Crippen LogP contribution in [-0.2, 0) is 4.79 Å². The highest BCUT2D eigenvalue weighted by atomic mass is 16.2. The van der Waals surface area contributed by atoms with Crippen LogP contribution in [0.2, 0.25) is 0 Å². The van der Waals surface area contributed by atoms with Crippen molar-refractivity contribution < 1.29 is 4.79 Å². The van der Waals surface area contributed by atoms with Gasteiger partial charge in [-0.05, 0) is 30.7 Å². The largest absolute Gasteiger partial charge is 0.339 e. The van der Waals surface area contributed by atoms with Gasteiger partial charge in [0.15, 0.2) is 0 Å². The van der Waals surface area contributed by atoms with E-state index >= 15 is 0 Å². The Morgan fingerprint density at radius 2 is 1.95 bits per heavy atom. The molecule has 1 saturated carbocycles. The summed E-state index contributed by atoms with van der Waals surface area (Å²) in [6.07, 6.45) is 3.36. The summed E-state index contributed by atoms with van der Waals surface area (Å²) in [4.78, 5) is 14.9. The normalized spacial score (nSPS) is 16.2. The molecule has 0 bridgehead atoms. The van der Waals surface area contributed by atoms with E-state index in [9.17, 15) is 4.79 Å². The highest BCUT2D eigenvalue weighted by molar-refractivity contribution is 5.84. The Morgan fingerprint density at radius 1 is 1.30 bits per heavy atom. The van der Waals surface area contributed by atoms with E-state index in [2.05, 4.69) is 18.7 Å². The quantitative estimate of drug-likeness (QED) is 0.831. The highest BCUT2D eigenvalue weighted by Crippen LogP contribution is 2.30. The zero-order valence-electron chi connectivity index (χ0n) is 12.6. The molecule has 3 heteroatoms. The first-order valence-electron chi connectivity index (χ1n) is 7.69. The van der Waals surface area contributed by atoms with E-state index in [0.29, 0.717) is 18.5 Å². The Bertz CT molecular complexity index is 426. The second kappa shape index (κ2) is 6.89. The molecule has 0 radical (unpaired) electrons. The van der Waals surface area contributed by atoms with E-state index in [4.69, 9.17) is 5.73 Å². The molecule has 110 valence electrons. The Hall–Kier alpha value is -1.35. The molecule has 0 aromatic heterocycles. The predicted octanol–water partition coefficient (Wildman–Crippen LogP) is 2.77. The molecule has 2 rings (SSSR count). The van der Waals surface area contributed by atoms with Crippen molar-refractivity contribution in [2.45, 2.75) is 45.1 Å². The Balaban J connectivity index is 2.08. The number of nitrogens with two attached hydrogens (primary N) is 1. The van der Waals surface area contributed by atoms with Gasteiger partial charge in [0.2, 0.25) is 5.91 Å². The fourth-order valence-electron chi connectivity index (χ4n) is 2.52. The summed E-state index contributed by atoms with van der Waals surface area (Å²) in [7, 11) is 0. The molecule has 1 aliphatic rings. The van der Waals surface area contributed by atoms with Crippen LogP contribution in [0.3, 0.4) is 0 Å². The lowest BCUT2D eigenvalue weighted by Gasteiger charge is -2.28. The van der Waals surface area contributed by atoms with E-state index in [1.165, 1.54) is 0 Å². The third-order valence-corrected chi connectivity index (χ3v) is 3.95. The van der Waals surface area contributed by atoms with Gasteiger partial charge < -0.3 is 10.6 Å². The van der Waals surface area contributed by atoms with Gasteiger partial charge in [0.1, 0.15) is 0 Å². The first kappa shape index (κ1) is 15.0. The summed E-state index contributed by atoms with van der Waals surface area (Å²) >= 11 is 0. The van der Waals surface area contributed by atoms with Gasteiger partial charge in [0.25, 0.3) is 0 Å². The number of hydrogen-bond acceptors (Lipinski definition) is 2. The SMILES string of the molecule is CC(C)CCN(C(=O)C(CN)c1ccccc1)C1CC1. The van der Waals surface area contributed by atoms with Gasteiger partial charge in [0, 0.05) is 19.1 Å². The molecule has 1 amide bonds. The van der Waals surface area contributed by atoms with Crippen LogP contribution in [0, 0.1) is 5.92 Å². The molecule has 1 unspecified atom stereocenters. The monoisotopic (exact) mass is 274 g/mol. The molecule has 1 aromatic carbocycles. The molecule has 3 nitrogen and oxygen atoms in total. The van der Waals surface area contributed by atoms with E-state index in [1.807, 2.05) is 30.3 Å². The summed E-state index contributed by atoms with van der Waals surface area (Å²) in [5.74, 6) is 0.642. The van der Waals surface area contributed by atoms with Gasteiger partial charge in [-0.15, -0.1) is 0 Å².